The maximum Gasteiger partial charge on any atom is 0.255 e. The van der Waals surface area contributed by atoms with E-state index < -0.39 is 5.91 Å². The first-order valence-electron chi connectivity index (χ1n) is 5.37. The van der Waals surface area contributed by atoms with Crippen LogP contribution >= 0.6 is 23.2 Å². The highest BCUT2D eigenvalue weighted by molar-refractivity contribution is 6.34. The van der Waals surface area contributed by atoms with Gasteiger partial charge in [0.1, 0.15) is 5.76 Å². The van der Waals surface area contributed by atoms with Gasteiger partial charge in [0.15, 0.2) is 10.3 Å². The van der Waals surface area contributed by atoms with Crippen LogP contribution in [0, 0.1) is 13.8 Å². The van der Waals surface area contributed by atoms with Gasteiger partial charge in [-0.05, 0) is 19.9 Å². The van der Waals surface area contributed by atoms with Gasteiger partial charge in [0.05, 0.1) is 17.8 Å². The Labute approximate surface area is 119 Å². The van der Waals surface area contributed by atoms with E-state index in [1.54, 1.807) is 6.92 Å². The summed E-state index contributed by atoms with van der Waals surface area (Å²) in [4.78, 5) is 16.0. The Morgan fingerprint density at radius 1 is 1.37 bits per heavy atom. The minimum absolute atomic E-state index is 0.0123. The average molecular weight is 301 g/mol. The number of hydrogen-bond acceptors (Lipinski definition) is 5. The van der Waals surface area contributed by atoms with Crippen molar-refractivity contribution in [2.24, 2.45) is 0 Å². The van der Waals surface area contributed by atoms with Crippen LogP contribution in [0.3, 0.4) is 0 Å². The number of carbonyl (C=O) groups is 1. The molecule has 0 aliphatic heterocycles. The van der Waals surface area contributed by atoms with Crippen LogP contribution in [-0.4, -0.2) is 21.1 Å². The van der Waals surface area contributed by atoms with Crippen molar-refractivity contribution < 1.29 is 9.21 Å². The number of nitrogens with one attached hydrogen (secondary N) is 1. The fourth-order valence-corrected chi connectivity index (χ4v) is 1.70. The van der Waals surface area contributed by atoms with Gasteiger partial charge in [-0.25, -0.2) is 4.98 Å². The highest BCUT2D eigenvalue weighted by atomic mass is 35.5. The molecule has 0 atom stereocenters. The van der Waals surface area contributed by atoms with E-state index >= 15 is 0 Å². The molecule has 0 aromatic carbocycles. The maximum absolute atomic E-state index is 11.9. The Balaban J connectivity index is 2.07. The van der Waals surface area contributed by atoms with Crippen LogP contribution < -0.4 is 5.32 Å². The highest BCUT2D eigenvalue weighted by Crippen LogP contribution is 2.15. The summed E-state index contributed by atoms with van der Waals surface area (Å²) in [6.45, 7) is 3.79. The second-order valence-electron chi connectivity index (χ2n) is 3.80. The van der Waals surface area contributed by atoms with Gasteiger partial charge in [-0.3, -0.25) is 4.79 Å². The van der Waals surface area contributed by atoms with Crippen molar-refractivity contribution in [3.63, 3.8) is 0 Å². The Morgan fingerprint density at radius 3 is 2.74 bits per heavy atom. The third-order valence-electron chi connectivity index (χ3n) is 2.44. The summed E-state index contributed by atoms with van der Waals surface area (Å²) < 4.78 is 5.34. The van der Waals surface area contributed by atoms with E-state index in [-0.39, 0.29) is 22.4 Å². The first kappa shape index (κ1) is 13.8. The molecule has 1 N–H and O–H groups in total. The second-order valence-corrected chi connectivity index (χ2v) is 4.55. The summed E-state index contributed by atoms with van der Waals surface area (Å²) in [7, 11) is 0. The molecule has 1 amide bonds. The van der Waals surface area contributed by atoms with Gasteiger partial charge >= 0.3 is 0 Å². The first-order chi connectivity index (χ1) is 8.97. The zero-order valence-electron chi connectivity index (χ0n) is 10.2. The molecule has 19 heavy (non-hydrogen) atoms. The fraction of sp³-hybridized carbons (Fsp3) is 0.273. The normalized spacial score (nSPS) is 10.5. The van der Waals surface area contributed by atoms with Crippen LogP contribution in [0.15, 0.2) is 10.5 Å². The van der Waals surface area contributed by atoms with Crippen LogP contribution in [0.2, 0.25) is 10.3 Å². The number of aryl methyl sites for hydroxylation is 2. The third kappa shape index (κ3) is 3.21. The van der Waals surface area contributed by atoms with Gasteiger partial charge in [-0.15, -0.1) is 10.2 Å². The molecule has 2 rings (SSSR count). The Kier molecular flexibility index (Phi) is 4.01. The number of rotatable bonds is 3. The Bertz CT molecular complexity index is 608. The van der Waals surface area contributed by atoms with Crippen LogP contribution in [0.25, 0.3) is 0 Å². The lowest BCUT2D eigenvalue weighted by molar-refractivity contribution is 0.0946. The Hall–Kier alpha value is -1.66. The van der Waals surface area contributed by atoms with E-state index in [9.17, 15) is 4.79 Å². The molecule has 0 saturated heterocycles. The average Bonchev–Trinajstić information content (AvgIpc) is 2.69. The van der Waals surface area contributed by atoms with Gasteiger partial charge in [-0.2, -0.15) is 0 Å². The molecule has 0 radical (unpaired) electrons. The molecule has 8 heteroatoms. The molecule has 100 valence electrons. The van der Waals surface area contributed by atoms with E-state index in [2.05, 4.69) is 20.5 Å². The molecule has 0 spiro atoms. The van der Waals surface area contributed by atoms with E-state index in [1.807, 2.05) is 6.92 Å². The van der Waals surface area contributed by atoms with Gasteiger partial charge in [-0.1, -0.05) is 23.2 Å². The van der Waals surface area contributed by atoms with E-state index in [0.717, 1.165) is 11.5 Å². The van der Waals surface area contributed by atoms with Crippen LogP contribution in [-0.2, 0) is 6.54 Å². The van der Waals surface area contributed by atoms with Crippen molar-refractivity contribution in [2.75, 3.05) is 0 Å². The lowest BCUT2D eigenvalue weighted by Crippen LogP contribution is -2.23. The number of hydrogen-bond donors (Lipinski definition) is 1. The first-order valence-corrected chi connectivity index (χ1v) is 6.13. The monoisotopic (exact) mass is 300 g/mol. The van der Waals surface area contributed by atoms with Crippen LogP contribution in [0.4, 0.5) is 0 Å². The van der Waals surface area contributed by atoms with Gasteiger partial charge in [0.2, 0.25) is 5.89 Å². The lowest BCUT2D eigenvalue weighted by atomic mass is 10.3. The molecular weight excluding hydrogens is 291 g/mol. The molecule has 2 aromatic rings. The standard InChI is InChI=1S/C11H10Cl2N4O2/c1-5-6(2)19-9(15-5)4-14-11(18)7-3-8(12)16-17-10(7)13/h3H,4H2,1-2H3,(H,14,18). The van der Waals surface area contributed by atoms with Crippen LogP contribution in [0.1, 0.15) is 27.7 Å². The second kappa shape index (κ2) is 5.54. The predicted molar refractivity (Wildman–Crippen MR) is 69.2 cm³/mol. The van der Waals surface area contributed by atoms with Crippen molar-refractivity contribution in [2.45, 2.75) is 20.4 Å². The molecule has 6 nitrogen and oxygen atoms in total. The van der Waals surface area contributed by atoms with E-state index in [4.69, 9.17) is 27.6 Å². The summed E-state index contributed by atoms with van der Waals surface area (Å²) in [6, 6.07) is 1.35. The molecule has 0 bridgehead atoms. The zero-order chi connectivity index (χ0) is 14.0. The highest BCUT2D eigenvalue weighted by Gasteiger charge is 2.14. The van der Waals surface area contributed by atoms with E-state index in [1.165, 1.54) is 6.07 Å². The predicted octanol–water partition coefficient (Wildman–Crippen LogP) is 2.32. The van der Waals surface area contributed by atoms with Gasteiger partial charge in [0, 0.05) is 0 Å². The molecule has 0 aliphatic rings. The number of halogens is 2. The smallest absolute Gasteiger partial charge is 0.255 e. The fourth-order valence-electron chi connectivity index (χ4n) is 1.38. The summed E-state index contributed by atoms with van der Waals surface area (Å²) in [5.41, 5.74) is 0.942. The molecular formula is C11H10Cl2N4O2. The molecule has 0 saturated carbocycles. The molecule has 2 aromatic heterocycles. The van der Waals surface area contributed by atoms with Gasteiger partial charge < -0.3 is 9.73 Å². The number of amides is 1. The zero-order valence-corrected chi connectivity index (χ0v) is 11.7. The van der Waals surface area contributed by atoms with Crippen molar-refractivity contribution in [1.82, 2.24) is 20.5 Å². The molecule has 0 unspecified atom stereocenters. The SMILES string of the molecule is Cc1nc(CNC(=O)c2cc(Cl)nnc2Cl)oc1C. The van der Waals surface area contributed by atoms with Crippen molar-refractivity contribution in [1.29, 1.82) is 0 Å². The van der Waals surface area contributed by atoms with Crippen LogP contribution in [0.5, 0.6) is 0 Å². The summed E-state index contributed by atoms with van der Waals surface area (Å²) >= 11 is 11.4. The summed E-state index contributed by atoms with van der Waals surface area (Å²) in [5, 5.41) is 9.78. The summed E-state index contributed by atoms with van der Waals surface area (Å²) in [5.74, 6) is 0.721. The number of nitrogens with zero attached hydrogens (tertiary/aromatic N) is 3. The van der Waals surface area contributed by atoms with Crippen molar-refractivity contribution >= 4 is 29.1 Å². The molecule has 0 fully saturated rings. The minimum Gasteiger partial charge on any atom is -0.444 e. The van der Waals surface area contributed by atoms with Gasteiger partial charge in [0.25, 0.3) is 5.91 Å². The van der Waals surface area contributed by atoms with Crippen molar-refractivity contribution in [3.05, 3.63) is 39.3 Å². The minimum atomic E-state index is -0.421. The summed E-state index contributed by atoms with van der Waals surface area (Å²) in [6.07, 6.45) is 0. The van der Waals surface area contributed by atoms with E-state index in [0.29, 0.717) is 5.89 Å². The van der Waals surface area contributed by atoms with Crippen molar-refractivity contribution in [3.8, 4) is 0 Å². The lowest BCUT2D eigenvalue weighted by Gasteiger charge is -2.03. The number of carbonyl (C=O) groups excluding carboxylic acids is 1. The maximum atomic E-state index is 11.9. The largest absolute Gasteiger partial charge is 0.444 e. The quantitative estimate of drug-likeness (QED) is 0.941. The Morgan fingerprint density at radius 2 is 2.11 bits per heavy atom. The topological polar surface area (TPSA) is 80.9 Å². The molecule has 2 heterocycles. The number of oxazole rings is 1. The molecule has 0 aliphatic carbocycles. The number of aromatic nitrogens is 3. The third-order valence-corrected chi connectivity index (χ3v) is 2.90.